The molecule has 0 radical (unpaired) electrons. The van der Waals surface area contributed by atoms with Crippen LogP contribution in [-0.4, -0.2) is 25.0 Å². The number of imide groups is 2. The highest BCUT2D eigenvalue weighted by molar-refractivity contribution is 6.33. The molecular weight excluding hydrogens is 420 g/mol. The van der Waals surface area contributed by atoms with E-state index in [0.29, 0.717) is 17.1 Å². The molecule has 4 rings (SSSR count). The normalized spacial score (nSPS) is 13.6. The molecule has 3 aromatic rings. The molecule has 1 heterocycles. The van der Waals surface area contributed by atoms with Crippen LogP contribution in [0.4, 0.5) is 4.79 Å². The number of carbonyl (C=O) groups is 3. The first-order valence-corrected chi connectivity index (χ1v) is 9.69. The number of amides is 4. The van der Waals surface area contributed by atoms with Crippen molar-refractivity contribution in [1.82, 2.24) is 10.6 Å². The zero-order chi connectivity index (χ0) is 22.0. The standard InChI is InChI=1S/C23H17ClN2O5/c1-30-19-11-13(9-17-21(27)25-23(29)26-22(17)28)10-18(24)20(19)31-12-15-7-4-6-14-5-2-3-8-16(14)15/h2-11H,12H2,1H3,(H2,25,26,27,28,29). The summed E-state index contributed by atoms with van der Waals surface area (Å²) in [7, 11) is 1.46. The van der Waals surface area contributed by atoms with Crippen molar-refractivity contribution in [3.63, 3.8) is 0 Å². The van der Waals surface area contributed by atoms with Crippen LogP contribution in [0.3, 0.4) is 0 Å². The van der Waals surface area contributed by atoms with Gasteiger partial charge in [0, 0.05) is 0 Å². The first-order chi connectivity index (χ1) is 15.0. The monoisotopic (exact) mass is 436 g/mol. The van der Waals surface area contributed by atoms with Gasteiger partial charge < -0.3 is 9.47 Å². The van der Waals surface area contributed by atoms with Crippen molar-refractivity contribution in [3.05, 3.63) is 76.3 Å². The van der Waals surface area contributed by atoms with Crippen LogP contribution in [0.1, 0.15) is 11.1 Å². The van der Waals surface area contributed by atoms with E-state index in [2.05, 4.69) is 0 Å². The highest BCUT2D eigenvalue weighted by Gasteiger charge is 2.28. The van der Waals surface area contributed by atoms with Crippen LogP contribution in [0, 0.1) is 0 Å². The summed E-state index contributed by atoms with van der Waals surface area (Å²) in [6.45, 7) is 0.269. The third-order valence-corrected chi connectivity index (χ3v) is 5.04. The number of methoxy groups -OCH3 is 1. The van der Waals surface area contributed by atoms with Gasteiger partial charge in [-0.2, -0.15) is 0 Å². The van der Waals surface area contributed by atoms with Crippen LogP contribution in [-0.2, 0) is 16.2 Å². The number of rotatable bonds is 5. The van der Waals surface area contributed by atoms with Gasteiger partial charge in [0.1, 0.15) is 12.2 Å². The Morgan fingerprint density at radius 3 is 2.42 bits per heavy atom. The lowest BCUT2D eigenvalue weighted by Gasteiger charge is -2.16. The van der Waals surface area contributed by atoms with Crippen molar-refractivity contribution in [3.8, 4) is 11.5 Å². The van der Waals surface area contributed by atoms with Gasteiger partial charge in [-0.25, -0.2) is 4.79 Å². The molecule has 1 fully saturated rings. The Labute approximate surface area is 182 Å². The second kappa shape index (κ2) is 8.49. The number of nitrogens with one attached hydrogen (secondary N) is 2. The fourth-order valence-electron chi connectivity index (χ4n) is 3.30. The van der Waals surface area contributed by atoms with Crippen molar-refractivity contribution >= 4 is 46.3 Å². The summed E-state index contributed by atoms with van der Waals surface area (Å²) < 4.78 is 11.4. The number of hydrogen-bond acceptors (Lipinski definition) is 5. The molecule has 1 aliphatic rings. The molecule has 0 atom stereocenters. The quantitative estimate of drug-likeness (QED) is 0.468. The molecule has 4 amide bonds. The highest BCUT2D eigenvalue weighted by atomic mass is 35.5. The Morgan fingerprint density at radius 1 is 0.968 bits per heavy atom. The van der Waals surface area contributed by atoms with Gasteiger partial charge in [0.2, 0.25) is 0 Å². The summed E-state index contributed by atoms with van der Waals surface area (Å²) in [4.78, 5) is 35.1. The minimum Gasteiger partial charge on any atom is -0.493 e. The van der Waals surface area contributed by atoms with Crippen LogP contribution in [0.25, 0.3) is 16.8 Å². The summed E-state index contributed by atoms with van der Waals surface area (Å²) in [5, 5.41) is 6.47. The van der Waals surface area contributed by atoms with Crippen molar-refractivity contribution in [2.45, 2.75) is 6.61 Å². The minimum absolute atomic E-state index is 0.220. The number of ether oxygens (including phenoxy) is 2. The fraction of sp³-hybridized carbons (Fsp3) is 0.0870. The van der Waals surface area contributed by atoms with E-state index in [1.54, 1.807) is 12.1 Å². The molecule has 156 valence electrons. The number of benzene rings is 3. The van der Waals surface area contributed by atoms with Gasteiger partial charge in [0.15, 0.2) is 11.5 Å². The maximum absolute atomic E-state index is 11.9. The molecule has 1 saturated heterocycles. The third kappa shape index (κ3) is 4.22. The van der Waals surface area contributed by atoms with Crippen LogP contribution < -0.4 is 20.1 Å². The number of halogens is 1. The number of hydrogen-bond donors (Lipinski definition) is 2. The smallest absolute Gasteiger partial charge is 0.328 e. The molecule has 0 aliphatic carbocycles. The molecule has 2 N–H and O–H groups in total. The van der Waals surface area contributed by atoms with E-state index in [9.17, 15) is 14.4 Å². The fourth-order valence-corrected chi connectivity index (χ4v) is 3.58. The van der Waals surface area contributed by atoms with Crippen LogP contribution >= 0.6 is 11.6 Å². The van der Waals surface area contributed by atoms with Crippen molar-refractivity contribution < 1.29 is 23.9 Å². The summed E-state index contributed by atoms with van der Waals surface area (Å²) >= 11 is 6.42. The van der Waals surface area contributed by atoms with E-state index in [0.717, 1.165) is 16.3 Å². The predicted molar refractivity (Wildman–Crippen MR) is 116 cm³/mol. The number of carbonyl (C=O) groups excluding carboxylic acids is 3. The Hall–Kier alpha value is -3.84. The van der Waals surface area contributed by atoms with E-state index < -0.39 is 17.8 Å². The summed E-state index contributed by atoms with van der Waals surface area (Å²) in [6, 6.07) is 16.2. The van der Waals surface area contributed by atoms with Gasteiger partial charge in [0.25, 0.3) is 11.8 Å². The molecule has 0 spiro atoms. The molecular formula is C23H17ClN2O5. The minimum atomic E-state index is -0.861. The lowest BCUT2D eigenvalue weighted by atomic mass is 10.1. The summed E-state index contributed by atoms with van der Waals surface area (Å²) in [5.41, 5.74) is 1.21. The van der Waals surface area contributed by atoms with Crippen LogP contribution in [0.15, 0.2) is 60.2 Å². The Balaban J connectivity index is 1.62. The average Bonchev–Trinajstić information content (AvgIpc) is 2.75. The van der Waals surface area contributed by atoms with Gasteiger partial charge in [-0.15, -0.1) is 0 Å². The largest absolute Gasteiger partial charge is 0.493 e. The second-order valence-electron chi connectivity index (χ2n) is 6.76. The molecule has 3 aromatic carbocycles. The summed E-state index contributed by atoms with van der Waals surface area (Å²) in [5.74, 6) is -0.903. The summed E-state index contributed by atoms with van der Waals surface area (Å²) in [6.07, 6.45) is 1.32. The Bertz CT molecular complexity index is 1220. The van der Waals surface area contributed by atoms with E-state index in [-0.39, 0.29) is 17.2 Å². The SMILES string of the molecule is COc1cc(C=C2C(=O)NC(=O)NC2=O)cc(Cl)c1OCc1cccc2ccccc12. The molecule has 0 unspecified atom stereocenters. The third-order valence-electron chi connectivity index (χ3n) is 4.76. The van der Waals surface area contributed by atoms with Gasteiger partial charge >= 0.3 is 6.03 Å². The number of urea groups is 1. The van der Waals surface area contributed by atoms with Gasteiger partial charge in [-0.1, -0.05) is 54.1 Å². The molecule has 31 heavy (non-hydrogen) atoms. The van der Waals surface area contributed by atoms with E-state index in [4.69, 9.17) is 21.1 Å². The average molecular weight is 437 g/mol. The van der Waals surface area contributed by atoms with Crippen LogP contribution in [0.2, 0.25) is 5.02 Å². The maximum Gasteiger partial charge on any atom is 0.328 e. The van der Waals surface area contributed by atoms with Gasteiger partial charge in [-0.3, -0.25) is 20.2 Å². The first-order valence-electron chi connectivity index (χ1n) is 9.31. The Kier molecular flexibility index (Phi) is 5.60. The first kappa shape index (κ1) is 20.4. The lowest BCUT2D eigenvalue weighted by Crippen LogP contribution is -2.51. The number of fused-ring (bicyclic) bond motifs is 1. The van der Waals surface area contributed by atoms with Crippen molar-refractivity contribution in [1.29, 1.82) is 0 Å². The van der Waals surface area contributed by atoms with E-state index in [1.165, 1.54) is 13.2 Å². The van der Waals surface area contributed by atoms with Gasteiger partial charge in [0.05, 0.1) is 12.1 Å². The molecule has 0 saturated carbocycles. The number of barbiturate groups is 1. The molecule has 7 nitrogen and oxygen atoms in total. The molecule has 0 aromatic heterocycles. The van der Waals surface area contributed by atoms with E-state index in [1.807, 2.05) is 53.1 Å². The van der Waals surface area contributed by atoms with E-state index >= 15 is 0 Å². The van der Waals surface area contributed by atoms with Crippen molar-refractivity contribution in [2.24, 2.45) is 0 Å². The molecule has 1 aliphatic heterocycles. The van der Waals surface area contributed by atoms with Gasteiger partial charge in [-0.05, 0) is 40.1 Å². The van der Waals surface area contributed by atoms with Crippen molar-refractivity contribution in [2.75, 3.05) is 7.11 Å². The topological polar surface area (TPSA) is 93.7 Å². The molecule has 8 heteroatoms. The lowest BCUT2D eigenvalue weighted by molar-refractivity contribution is -0.123. The zero-order valence-electron chi connectivity index (χ0n) is 16.4. The second-order valence-corrected chi connectivity index (χ2v) is 7.16. The predicted octanol–water partition coefficient (Wildman–Crippen LogP) is 3.83. The maximum atomic E-state index is 11.9. The Morgan fingerprint density at radius 2 is 1.68 bits per heavy atom. The highest BCUT2D eigenvalue weighted by Crippen LogP contribution is 2.38. The zero-order valence-corrected chi connectivity index (χ0v) is 17.2. The van der Waals surface area contributed by atoms with Crippen LogP contribution in [0.5, 0.6) is 11.5 Å². The molecule has 0 bridgehead atoms.